The summed E-state index contributed by atoms with van der Waals surface area (Å²) in [5, 5.41) is 3.92. The molecule has 1 heterocycles. The fraction of sp³-hybridized carbons (Fsp3) is 0.174. The Labute approximate surface area is 175 Å². The van der Waals surface area contributed by atoms with Crippen molar-refractivity contribution >= 4 is 40.9 Å². The van der Waals surface area contributed by atoms with Gasteiger partial charge >= 0.3 is 0 Å². The number of benzene rings is 2. The van der Waals surface area contributed by atoms with Crippen LogP contribution in [-0.2, 0) is 4.79 Å². The van der Waals surface area contributed by atoms with Gasteiger partial charge in [0.05, 0.1) is 0 Å². The lowest BCUT2D eigenvalue weighted by molar-refractivity contribution is -0.111. The van der Waals surface area contributed by atoms with Crippen molar-refractivity contribution in [2.24, 2.45) is 0 Å². The summed E-state index contributed by atoms with van der Waals surface area (Å²) in [5.74, 6) is 1.48. The fourth-order valence-corrected chi connectivity index (χ4v) is 3.29. The molecule has 1 aromatic heterocycles. The molecule has 5 heteroatoms. The third-order valence-electron chi connectivity index (χ3n) is 4.53. The van der Waals surface area contributed by atoms with Crippen molar-refractivity contribution in [2.45, 2.75) is 26.2 Å². The number of carbonyl (C=O) groups excluding carboxylic acids is 1. The number of furan rings is 1. The van der Waals surface area contributed by atoms with Crippen LogP contribution in [0.3, 0.4) is 0 Å². The predicted molar refractivity (Wildman–Crippen MR) is 117 cm³/mol. The smallest absolute Gasteiger partial charge is 0.248 e. The van der Waals surface area contributed by atoms with Crippen LogP contribution in [0, 0.1) is 0 Å². The summed E-state index contributed by atoms with van der Waals surface area (Å²) in [6.45, 7) is 4.34. The molecule has 3 aromatic rings. The maximum atomic E-state index is 12.2. The van der Waals surface area contributed by atoms with E-state index in [-0.39, 0.29) is 5.91 Å². The van der Waals surface area contributed by atoms with Crippen molar-refractivity contribution in [1.29, 1.82) is 0 Å². The third kappa shape index (κ3) is 5.28. The minimum absolute atomic E-state index is 0.222. The number of amides is 1. The zero-order valence-electron chi connectivity index (χ0n) is 15.7. The first kappa shape index (κ1) is 20.2. The Kier molecular flexibility index (Phi) is 6.61. The van der Waals surface area contributed by atoms with E-state index in [9.17, 15) is 4.79 Å². The van der Waals surface area contributed by atoms with Gasteiger partial charge in [0, 0.05) is 27.4 Å². The van der Waals surface area contributed by atoms with Crippen molar-refractivity contribution in [2.75, 3.05) is 5.32 Å². The molecule has 2 aromatic carbocycles. The van der Waals surface area contributed by atoms with Gasteiger partial charge in [-0.1, -0.05) is 49.2 Å². The van der Waals surface area contributed by atoms with E-state index in [1.54, 1.807) is 30.3 Å². The third-order valence-corrected chi connectivity index (χ3v) is 4.97. The average molecular weight is 414 g/mol. The molecule has 0 saturated carbocycles. The molecule has 0 aliphatic heterocycles. The second-order valence-electron chi connectivity index (χ2n) is 6.61. The average Bonchev–Trinajstić information content (AvgIpc) is 3.15. The predicted octanol–water partition coefficient (Wildman–Crippen LogP) is 7.42. The van der Waals surface area contributed by atoms with Crippen molar-refractivity contribution in [1.82, 2.24) is 0 Å². The van der Waals surface area contributed by atoms with E-state index in [4.69, 9.17) is 27.6 Å². The number of anilines is 1. The van der Waals surface area contributed by atoms with Gasteiger partial charge in [0.15, 0.2) is 0 Å². The summed E-state index contributed by atoms with van der Waals surface area (Å²) in [6, 6.07) is 16.7. The van der Waals surface area contributed by atoms with Gasteiger partial charge in [-0.2, -0.15) is 0 Å². The van der Waals surface area contributed by atoms with Crippen LogP contribution in [-0.4, -0.2) is 5.91 Å². The highest BCUT2D eigenvalue weighted by Gasteiger charge is 2.07. The molecule has 1 atom stereocenters. The molecule has 0 radical (unpaired) electrons. The standard InChI is InChI=1S/C23H21Cl2NO2/c1-3-15(2)16-4-6-20(7-5-16)26-23(27)11-9-21-8-10-22(28-21)17-12-18(24)14-19(25)13-17/h4-15H,3H2,1-2H3,(H,26,27)/b11-9+/t15-/m1/s1. The maximum absolute atomic E-state index is 12.2. The quantitative estimate of drug-likeness (QED) is 0.427. The lowest BCUT2D eigenvalue weighted by Crippen LogP contribution is -2.07. The van der Waals surface area contributed by atoms with E-state index in [0.717, 1.165) is 17.7 Å². The maximum Gasteiger partial charge on any atom is 0.248 e. The Balaban J connectivity index is 1.64. The Morgan fingerprint density at radius 2 is 1.75 bits per heavy atom. The lowest BCUT2D eigenvalue weighted by Gasteiger charge is -2.09. The fourth-order valence-electron chi connectivity index (χ4n) is 2.77. The summed E-state index contributed by atoms with van der Waals surface area (Å²) in [7, 11) is 0. The Bertz CT molecular complexity index is 970. The Hall–Kier alpha value is -2.49. The molecule has 3 nitrogen and oxygen atoms in total. The molecule has 0 fully saturated rings. The van der Waals surface area contributed by atoms with Crippen LogP contribution in [0.15, 0.2) is 65.1 Å². The zero-order valence-corrected chi connectivity index (χ0v) is 17.2. The van der Waals surface area contributed by atoms with E-state index in [1.165, 1.54) is 11.6 Å². The van der Waals surface area contributed by atoms with Crippen molar-refractivity contribution in [3.05, 3.63) is 82.0 Å². The number of carbonyl (C=O) groups is 1. The molecule has 28 heavy (non-hydrogen) atoms. The second-order valence-corrected chi connectivity index (χ2v) is 7.49. The normalized spacial score (nSPS) is 12.3. The molecule has 1 amide bonds. The molecule has 0 aliphatic rings. The number of hydrogen-bond acceptors (Lipinski definition) is 2. The number of rotatable bonds is 6. The molecular weight excluding hydrogens is 393 g/mol. The lowest BCUT2D eigenvalue weighted by atomic mass is 9.99. The van der Waals surface area contributed by atoms with E-state index < -0.39 is 0 Å². The van der Waals surface area contributed by atoms with Crippen LogP contribution in [0.2, 0.25) is 10.0 Å². The topological polar surface area (TPSA) is 42.2 Å². The first-order chi connectivity index (χ1) is 13.4. The van der Waals surface area contributed by atoms with Crippen LogP contribution >= 0.6 is 23.2 Å². The van der Waals surface area contributed by atoms with Crippen molar-refractivity contribution < 1.29 is 9.21 Å². The van der Waals surface area contributed by atoms with Crippen LogP contribution in [0.5, 0.6) is 0 Å². The van der Waals surface area contributed by atoms with Gasteiger partial charge in [-0.3, -0.25) is 4.79 Å². The van der Waals surface area contributed by atoms with Crippen LogP contribution in [0.1, 0.15) is 37.5 Å². The molecule has 0 aliphatic carbocycles. The van der Waals surface area contributed by atoms with E-state index >= 15 is 0 Å². The largest absolute Gasteiger partial charge is 0.457 e. The highest BCUT2D eigenvalue weighted by molar-refractivity contribution is 6.35. The summed E-state index contributed by atoms with van der Waals surface area (Å²) in [5.41, 5.74) is 2.80. The van der Waals surface area contributed by atoms with Gasteiger partial charge in [-0.15, -0.1) is 0 Å². The van der Waals surface area contributed by atoms with Gasteiger partial charge in [0.1, 0.15) is 11.5 Å². The second kappa shape index (κ2) is 9.13. The molecule has 3 rings (SSSR count). The molecule has 1 N–H and O–H groups in total. The van der Waals surface area contributed by atoms with Gasteiger partial charge in [-0.05, 0) is 66.4 Å². The zero-order chi connectivity index (χ0) is 20.1. The first-order valence-electron chi connectivity index (χ1n) is 9.10. The molecular formula is C23H21Cl2NO2. The van der Waals surface area contributed by atoms with Crippen molar-refractivity contribution in [3.63, 3.8) is 0 Å². The summed E-state index contributed by atoms with van der Waals surface area (Å²) in [6.07, 6.45) is 4.15. The molecule has 0 saturated heterocycles. The number of nitrogens with one attached hydrogen (secondary N) is 1. The van der Waals surface area contributed by atoms with E-state index in [0.29, 0.717) is 27.5 Å². The van der Waals surface area contributed by atoms with Gasteiger partial charge < -0.3 is 9.73 Å². The van der Waals surface area contributed by atoms with E-state index in [1.807, 2.05) is 30.3 Å². The summed E-state index contributed by atoms with van der Waals surface area (Å²) in [4.78, 5) is 12.2. The van der Waals surface area contributed by atoms with E-state index in [2.05, 4.69) is 19.2 Å². The Morgan fingerprint density at radius 1 is 1.07 bits per heavy atom. The van der Waals surface area contributed by atoms with Gasteiger partial charge in [0.2, 0.25) is 5.91 Å². The minimum Gasteiger partial charge on any atom is -0.457 e. The van der Waals surface area contributed by atoms with Crippen molar-refractivity contribution in [3.8, 4) is 11.3 Å². The number of hydrogen-bond donors (Lipinski definition) is 1. The number of halogens is 2. The summed E-state index contributed by atoms with van der Waals surface area (Å²) >= 11 is 12.1. The minimum atomic E-state index is -0.222. The Morgan fingerprint density at radius 3 is 2.39 bits per heavy atom. The summed E-state index contributed by atoms with van der Waals surface area (Å²) < 4.78 is 5.75. The van der Waals surface area contributed by atoms with Gasteiger partial charge in [0.25, 0.3) is 0 Å². The SMILES string of the molecule is CC[C@@H](C)c1ccc(NC(=O)/C=C/c2ccc(-c3cc(Cl)cc(Cl)c3)o2)cc1. The molecule has 0 bridgehead atoms. The molecule has 0 spiro atoms. The molecule has 0 unspecified atom stereocenters. The van der Waals surface area contributed by atoms with Gasteiger partial charge in [-0.25, -0.2) is 0 Å². The van der Waals surface area contributed by atoms with Crippen LogP contribution < -0.4 is 5.32 Å². The van der Waals surface area contributed by atoms with Crippen LogP contribution in [0.4, 0.5) is 5.69 Å². The first-order valence-corrected chi connectivity index (χ1v) is 9.85. The monoisotopic (exact) mass is 413 g/mol. The van der Waals surface area contributed by atoms with Crippen LogP contribution in [0.25, 0.3) is 17.4 Å². The highest BCUT2D eigenvalue weighted by atomic mass is 35.5. The molecule has 144 valence electrons. The highest BCUT2D eigenvalue weighted by Crippen LogP contribution is 2.29.